The van der Waals surface area contributed by atoms with Gasteiger partial charge in [0.1, 0.15) is 5.82 Å². The number of H-pyrrole nitrogens is 1. The van der Waals surface area contributed by atoms with Gasteiger partial charge in [-0.25, -0.2) is 4.98 Å². The first-order chi connectivity index (χ1) is 11.8. The maximum Gasteiger partial charge on any atom is 0.318 e. The Kier molecular flexibility index (Phi) is 3.90. The SMILES string of the molecule is COc1nccc(N2CCCC(Nc3ccc4[nH]ncc4c3)C2)n1. The van der Waals surface area contributed by atoms with Gasteiger partial charge in [0.05, 0.1) is 18.8 Å². The highest BCUT2D eigenvalue weighted by Gasteiger charge is 2.21. The number of benzene rings is 1. The summed E-state index contributed by atoms with van der Waals surface area (Å²) < 4.78 is 5.13. The number of nitrogens with zero attached hydrogens (tertiary/aromatic N) is 4. The number of aromatic nitrogens is 4. The number of methoxy groups -OCH3 is 1. The van der Waals surface area contributed by atoms with Crippen LogP contribution < -0.4 is 15.0 Å². The third kappa shape index (κ3) is 2.97. The molecule has 2 aromatic heterocycles. The first-order valence-corrected chi connectivity index (χ1v) is 8.13. The molecular formula is C17H20N6O. The fourth-order valence-electron chi connectivity index (χ4n) is 3.18. The number of aromatic amines is 1. The lowest BCUT2D eigenvalue weighted by Gasteiger charge is -2.34. The molecule has 3 heterocycles. The van der Waals surface area contributed by atoms with Gasteiger partial charge in [0.25, 0.3) is 0 Å². The Morgan fingerprint density at radius 2 is 2.29 bits per heavy atom. The number of anilines is 2. The standard InChI is InChI=1S/C17H20N6O/c1-24-17-18-7-6-16(21-17)23-8-2-3-14(11-23)20-13-4-5-15-12(9-13)10-19-22-15/h4-7,9-10,14,20H,2-3,8,11H2,1H3,(H,19,22). The average Bonchev–Trinajstić information content (AvgIpc) is 3.10. The monoisotopic (exact) mass is 324 g/mol. The van der Waals surface area contributed by atoms with Crippen LogP contribution in [0.15, 0.2) is 36.7 Å². The summed E-state index contributed by atoms with van der Waals surface area (Å²) in [6.07, 6.45) is 5.85. The van der Waals surface area contributed by atoms with Gasteiger partial charge in [-0.05, 0) is 37.1 Å². The number of fused-ring (bicyclic) bond motifs is 1. The van der Waals surface area contributed by atoms with Crippen LogP contribution in [0.2, 0.25) is 0 Å². The third-order valence-corrected chi connectivity index (χ3v) is 4.36. The Morgan fingerprint density at radius 3 is 3.21 bits per heavy atom. The highest BCUT2D eigenvalue weighted by molar-refractivity contribution is 5.81. The van der Waals surface area contributed by atoms with Crippen molar-refractivity contribution < 1.29 is 4.74 Å². The predicted molar refractivity (Wildman–Crippen MR) is 93.5 cm³/mol. The number of nitrogens with one attached hydrogen (secondary N) is 2. The number of rotatable bonds is 4. The van der Waals surface area contributed by atoms with E-state index in [9.17, 15) is 0 Å². The fraction of sp³-hybridized carbons (Fsp3) is 0.353. The van der Waals surface area contributed by atoms with Crippen LogP contribution in [0.1, 0.15) is 12.8 Å². The molecule has 1 unspecified atom stereocenters. The summed E-state index contributed by atoms with van der Waals surface area (Å²) in [5, 5.41) is 11.8. The van der Waals surface area contributed by atoms with Crippen molar-refractivity contribution in [2.24, 2.45) is 0 Å². The van der Waals surface area contributed by atoms with E-state index in [1.54, 1.807) is 13.3 Å². The molecule has 1 atom stereocenters. The molecule has 124 valence electrons. The molecule has 1 aromatic carbocycles. The van der Waals surface area contributed by atoms with E-state index in [0.717, 1.165) is 48.3 Å². The molecular weight excluding hydrogens is 304 g/mol. The molecule has 1 saturated heterocycles. The molecule has 0 amide bonds. The predicted octanol–water partition coefficient (Wildman–Crippen LogP) is 2.44. The van der Waals surface area contributed by atoms with Gasteiger partial charge < -0.3 is 15.0 Å². The van der Waals surface area contributed by atoms with Crippen molar-refractivity contribution in [1.82, 2.24) is 20.2 Å². The van der Waals surface area contributed by atoms with Gasteiger partial charge in [0.15, 0.2) is 0 Å². The Bertz CT molecular complexity index is 833. The van der Waals surface area contributed by atoms with Gasteiger partial charge in [-0.2, -0.15) is 10.1 Å². The molecule has 2 N–H and O–H groups in total. The van der Waals surface area contributed by atoms with Crippen LogP contribution in [0.4, 0.5) is 11.5 Å². The van der Waals surface area contributed by atoms with Crippen molar-refractivity contribution in [3.63, 3.8) is 0 Å². The van der Waals surface area contributed by atoms with Gasteiger partial charge in [0, 0.05) is 36.4 Å². The average molecular weight is 324 g/mol. The summed E-state index contributed by atoms with van der Waals surface area (Å²) in [7, 11) is 1.59. The zero-order valence-corrected chi connectivity index (χ0v) is 13.6. The highest BCUT2D eigenvalue weighted by atomic mass is 16.5. The molecule has 0 aliphatic carbocycles. The lowest BCUT2D eigenvalue weighted by molar-refractivity contribution is 0.379. The van der Waals surface area contributed by atoms with Crippen LogP contribution in [0.3, 0.4) is 0 Å². The van der Waals surface area contributed by atoms with Crippen molar-refractivity contribution in [2.45, 2.75) is 18.9 Å². The van der Waals surface area contributed by atoms with Gasteiger partial charge >= 0.3 is 6.01 Å². The van der Waals surface area contributed by atoms with Crippen LogP contribution in [-0.4, -0.2) is 46.4 Å². The molecule has 0 bridgehead atoms. The summed E-state index contributed by atoms with van der Waals surface area (Å²) in [5.41, 5.74) is 2.18. The smallest absolute Gasteiger partial charge is 0.318 e. The van der Waals surface area contributed by atoms with Crippen molar-refractivity contribution in [1.29, 1.82) is 0 Å². The lowest BCUT2D eigenvalue weighted by atomic mass is 10.1. The van der Waals surface area contributed by atoms with Crippen LogP contribution in [0.5, 0.6) is 6.01 Å². The van der Waals surface area contributed by atoms with E-state index in [0.29, 0.717) is 12.1 Å². The number of hydrogen-bond donors (Lipinski definition) is 2. The minimum absolute atomic E-state index is 0.379. The summed E-state index contributed by atoms with van der Waals surface area (Å²) in [6, 6.07) is 9.00. The third-order valence-electron chi connectivity index (χ3n) is 4.36. The van der Waals surface area contributed by atoms with Crippen molar-refractivity contribution in [3.05, 3.63) is 36.7 Å². The fourth-order valence-corrected chi connectivity index (χ4v) is 3.18. The van der Waals surface area contributed by atoms with Crippen molar-refractivity contribution in [3.8, 4) is 6.01 Å². The van der Waals surface area contributed by atoms with E-state index in [-0.39, 0.29) is 0 Å². The topological polar surface area (TPSA) is 79.0 Å². The summed E-state index contributed by atoms with van der Waals surface area (Å²) >= 11 is 0. The molecule has 3 aromatic rings. The highest BCUT2D eigenvalue weighted by Crippen LogP contribution is 2.23. The molecule has 1 fully saturated rings. The minimum Gasteiger partial charge on any atom is -0.467 e. The Labute approximate surface area is 140 Å². The first kappa shape index (κ1) is 14.7. The second-order valence-corrected chi connectivity index (χ2v) is 6.00. The second-order valence-electron chi connectivity index (χ2n) is 6.00. The molecule has 0 saturated carbocycles. The van der Waals surface area contributed by atoms with Crippen LogP contribution in [0, 0.1) is 0 Å². The zero-order valence-electron chi connectivity index (χ0n) is 13.6. The van der Waals surface area contributed by atoms with E-state index in [1.165, 1.54) is 0 Å². The molecule has 7 heteroatoms. The Balaban J connectivity index is 1.47. The molecule has 1 aliphatic rings. The summed E-state index contributed by atoms with van der Waals surface area (Å²) in [4.78, 5) is 10.8. The minimum atomic E-state index is 0.379. The quantitative estimate of drug-likeness (QED) is 0.767. The Hall–Kier alpha value is -2.83. The zero-order chi connectivity index (χ0) is 16.4. The van der Waals surface area contributed by atoms with E-state index in [2.05, 4.69) is 48.6 Å². The lowest BCUT2D eigenvalue weighted by Crippen LogP contribution is -2.42. The molecule has 1 aliphatic heterocycles. The summed E-state index contributed by atoms with van der Waals surface area (Å²) in [5.74, 6) is 0.915. The van der Waals surface area contributed by atoms with Crippen molar-refractivity contribution >= 4 is 22.4 Å². The molecule has 0 spiro atoms. The molecule has 0 radical (unpaired) electrons. The summed E-state index contributed by atoms with van der Waals surface area (Å²) in [6.45, 7) is 1.91. The first-order valence-electron chi connectivity index (χ1n) is 8.13. The normalized spacial score (nSPS) is 17.9. The van der Waals surface area contributed by atoms with E-state index < -0.39 is 0 Å². The van der Waals surface area contributed by atoms with Crippen LogP contribution in [0.25, 0.3) is 10.9 Å². The number of hydrogen-bond acceptors (Lipinski definition) is 6. The molecule has 4 rings (SSSR count). The van der Waals surface area contributed by atoms with Crippen molar-refractivity contribution in [2.75, 3.05) is 30.4 Å². The van der Waals surface area contributed by atoms with E-state index in [4.69, 9.17) is 4.74 Å². The number of ether oxygens (including phenoxy) is 1. The maximum absolute atomic E-state index is 5.13. The van der Waals surface area contributed by atoms with Gasteiger partial charge in [0.2, 0.25) is 0 Å². The molecule has 24 heavy (non-hydrogen) atoms. The van der Waals surface area contributed by atoms with Gasteiger partial charge in [-0.3, -0.25) is 5.10 Å². The van der Waals surface area contributed by atoms with Crippen LogP contribution >= 0.6 is 0 Å². The van der Waals surface area contributed by atoms with Gasteiger partial charge in [-0.1, -0.05) is 0 Å². The Morgan fingerprint density at radius 1 is 1.33 bits per heavy atom. The number of piperidine rings is 1. The van der Waals surface area contributed by atoms with Gasteiger partial charge in [-0.15, -0.1) is 0 Å². The second kappa shape index (κ2) is 6.35. The largest absolute Gasteiger partial charge is 0.467 e. The van der Waals surface area contributed by atoms with E-state index >= 15 is 0 Å². The molecule has 7 nitrogen and oxygen atoms in total. The van der Waals surface area contributed by atoms with E-state index in [1.807, 2.05) is 12.3 Å². The maximum atomic E-state index is 5.13. The van der Waals surface area contributed by atoms with Crippen LogP contribution in [-0.2, 0) is 0 Å².